The van der Waals surface area contributed by atoms with Crippen LogP contribution in [0.15, 0.2) is 30.3 Å². The molecule has 0 bridgehead atoms. The fourth-order valence-electron chi connectivity index (χ4n) is 2.07. The molecule has 0 radical (unpaired) electrons. The molecular weight excluding hydrogens is 234 g/mol. The quantitative estimate of drug-likeness (QED) is 0.659. The number of ether oxygens (including phenoxy) is 1. The third-order valence-electron chi connectivity index (χ3n) is 3.53. The van der Waals surface area contributed by atoms with Crippen molar-refractivity contribution in [2.24, 2.45) is 5.92 Å². The number of rotatable bonds is 10. The van der Waals surface area contributed by atoms with Crippen LogP contribution in [0.5, 0.6) is 0 Å². The highest BCUT2D eigenvalue weighted by atomic mass is 16.5. The van der Waals surface area contributed by atoms with Crippen molar-refractivity contribution >= 4 is 5.69 Å². The largest absolute Gasteiger partial charge is 0.382 e. The summed E-state index contributed by atoms with van der Waals surface area (Å²) < 4.78 is 5.95. The van der Waals surface area contributed by atoms with E-state index in [4.69, 9.17) is 4.74 Å². The normalized spacial score (nSPS) is 14.1. The van der Waals surface area contributed by atoms with Gasteiger partial charge in [0, 0.05) is 18.8 Å². The van der Waals surface area contributed by atoms with Gasteiger partial charge in [0.1, 0.15) is 0 Å². The summed E-state index contributed by atoms with van der Waals surface area (Å²) in [6.07, 6.45) is 5.38. The van der Waals surface area contributed by atoms with Gasteiger partial charge < -0.3 is 10.1 Å². The molecule has 108 valence electrons. The minimum Gasteiger partial charge on any atom is -0.382 e. The Kier molecular flexibility index (Phi) is 8.31. The first-order chi connectivity index (χ1) is 9.26. The van der Waals surface area contributed by atoms with Gasteiger partial charge in [0.05, 0.1) is 6.10 Å². The molecule has 0 aliphatic heterocycles. The molecule has 0 saturated carbocycles. The van der Waals surface area contributed by atoms with Crippen molar-refractivity contribution in [3.8, 4) is 0 Å². The molecule has 2 unspecified atom stereocenters. The first kappa shape index (κ1) is 16.0. The van der Waals surface area contributed by atoms with Crippen LogP contribution in [-0.2, 0) is 4.74 Å². The van der Waals surface area contributed by atoms with Crippen molar-refractivity contribution in [3.63, 3.8) is 0 Å². The third kappa shape index (κ3) is 7.22. The van der Waals surface area contributed by atoms with Crippen LogP contribution in [0.3, 0.4) is 0 Å². The summed E-state index contributed by atoms with van der Waals surface area (Å²) in [6.45, 7) is 8.42. The van der Waals surface area contributed by atoms with Crippen LogP contribution in [-0.4, -0.2) is 19.3 Å². The van der Waals surface area contributed by atoms with E-state index >= 15 is 0 Å². The second-order valence-electron chi connectivity index (χ2n) is 5.31. The Hall–Kier alpha value is -1.02. The highest BCUT2D eigenvalue weighted by Gasteiger charge is 2.09. The Morgan fingerprint density at radius 1 is 1.16 bits per heavy atom. The summed E-state index contributed by atoms with van der Waals surface area (Å²) in [5, 5.41) is 3.40. The average molecular weight is 263 g/mol. The fourth-order valence-corrected chi connectivity index (χ4v) is 2.07. The standard InChI is InChI=1S/C17H29NO/c1-4-6-10-16(5-2)14-19-15(3)13-18-17-11-8-7-9-12-17/h7-9,11-12,15-16,18H,4-6,10,13-14H2,1-3H3. The van der Waals surface area contributed by atoms with E-state index in [2.05, 4.69) is 38.2 Å². The van der Waals surface area contributed by atoms with E-state index in [9.17, 15) is 0 Å². The lowest BCUT2D eigenvalue weighted by Gasteiger charge is -2.19. The molecule has 2 atom stereocenters. The van der Waals surface area contributed by atoms with Gasteiger partial charge in [0.15, 0.2) is 0 Å². The summed E-state index contributed by atoms with van der Waals surface area (Å²) in [6, 6.07) is 10.3. The van der Waals surface area contributed by atoms with Gasteiger partial charge in [0.25, 0.3) is 0 Å². The van der Waals surface area contributed by atoms with Crippen LogP contribution in [0.1, 0.15) is 46.5 Å². The molecule has 0 saturated heterocycles. The Morgan fingerprint density at radius 2 is 1.89 bits per heavy atom. The Morgan fingerprint density at radius 3 is 2.53 bits per heavy atom. The van der Waals surface area contributed by atoms with Crippen LogP contribution >= 0.6 is 0 Å². The molecule has 0 heterocycles. The zero-order valence-corrected chi connectivity index (χ0v) is 12.7. The molecule has 1 aromatic carbocycles. The Bertz CT molecular complexity index is 312. The molecule has 0 aliphatic rings. The number of hydrogen-bond acceptors (Lipinski definition) is 2. The van der Waals surface area contributed by atoms with Crippen molar-refractivity contribution in [2.45, 2.75) is 52.6 Å². The van der Waals surface area contributed by atoms with Crippen LogP contribution < -0.4 is 5.32 Å². The third-order valence-corrected chi connectivity index (χ3v) is 3.53. The van der Waals surface area contributed by atoms with Gasteiger partial charge >= 0.3 is 0 Å². The van der Waals surface area contributed by atoms with E-state index in [1.807, 2.05) is 18.2 Å². The lowest BCUT2D eigenvalue weighted by Crippen LogP contribution is -2.23. The Balaban J connectivity index is 2.18. The monoisotopic (exact) mass is 263 g/mol. The zero-order valence-electron chi connectivity index (χ0n) is 12.7. The van der Waals surface area contributed by atoms with Gasteiger partial charge in [-0.3, -0.25) is 0 Å². The number of hydrogen-bond donors (Lipinski definition) is 1. The summed E-state index contributed by atoms with van der Waals surface area (Å²) in [5.41, 5.74) is 1.16. The first-order valence-corrected chi connectivity index (χ1v) is 7.66. The van der Waals surface area contributed by atoms with Gasteiger partial charge in [-0.1, -0.05) is 51.3 Å². The number of nitrogens with one attached hydrogen (secondary N) is 1. The van der Waals surface area contributed by atoms with Crippen molar-refractivity contribution in [1.29, 1.82) is 0 Å². The predicted molar refractivity (Wildman–Crippen MR) is 83.7 cm³/mol. The van der Waals surface area contributed by atoms with Gasteiger partial charge in [-0.05, 0) is 31.4 Å². The summed E-state index contributed by atoms with van der Waals surface area (Å²) in [7, 11) is 0. The van der Waals surface area contributed by atoms with E-state index in [0.29, 0.717) is 0 Å². The van der Waals surface area contributed by atoms with E-state index < -0.39 is 0 Å². The number of benzene rings is 1. The molecule has 2 heteroatoms. The van der Waals surface area contributed by atoms with Gasteiger partial charge in [-0.15, -0.1) is 0 Å². The topological polar surface area (TPSA) is 21.3 Å². The van der Waals surface area contributed by atoms with E-state index in [0.717, 1.165) is 24.8 Å². The second kappa shape index (κ2) is 9.85. The number of anilines is 1. The second-order valence-corrected chi connectivity index (χ2v) is 5.31. The molecule has 0 fully saturated rings. The fraction of sp³-hybridized carbons (Fsp3) is 0.647. The molecule has 1 rings (SSSR count). The molecule has 0 spiro atoms. The maximum atomic E-state index is 5.95. The SMILES string of the molecule is CCCCC(CC)COC(C)CNc1ccccc1. The molecule has 0 aliphatic carbocycles. The van der Waals surface area contributed by atoms with Crippen molar-refractivity contribution in [2.75, 3.05) is 18.5 Å². The van der Waals surface area contributed by atoms with Crippen molar-refractivity contribution in [3.05, 3.63) is 30.3 Å². The highest BCUT2D eigenvalue weighted by molar-refractivity contribution is 5.42. The average Bonchev–Trinajstić information content (AvgIpc) is 2.46. The van der Waals surface area contributed by atoms with Gasteiger partial charge in [0.2, 0.25) is 0 Å². The minimum atomic E-state index is 0.260. The van der Waals surface area contributed by atoms with Crippen LogP contribution in [0.25, 0.3) is 0 Å². The maximum absolute atomic E-state index is 5.95. The minimum absolute atomic E-state index is 0.260. The smallest absolute Gasteiger partial charge is 0.0719 e. The van der Waals surface area contributed by atoms with E-state index in [-0.39, 0.29) is 6.10 Å². The van der Waals surface area contributed by atoms with Crippen LogP contribution in [0.4, 0.5) is 5.69 Å². The molecule has 2 nitrogen and oxygen atoms in total. The molecule has 19 heavy (non-hydrogen) atoms. The molecular formula is C17H29NO. The highest BCUT2D eigenvalue weighted by Crippen LogP contribution is 2.14. The molecule has 1 N–H and O–H groups in total. The lowest BCUT2D eigenvalue weighted by atomic mass is 10.0. The van der Waals surface area contributed by atoms with Crippen molar-refractivity contribution in [1.82, 2.24) is 0 Å². The molecule has 0 aromatic heterocycles. The lowest BCUT2D eigenvalue weighted by molar-refractivity contribution is 0.0440. The van der Waals surface area contributed by atoms with Crippen LogP contribution in [0, 0.1) is 5.92 Å². The first-order valence-electron chi connectivity index (χ1n) is 7.66. The summed E-state index contributed by atoms with van der Waals surface area (Å²) in [4.78, 5) is 0. The van der Waals surface area contributed by atoms with Crippen LogP contribution in [0.2, 0.25) is 0 Å². The van der Waals surface area contributed by atoms with E-state index in [1.54, 1.807) is 0 Å². The maximum Gasteiger partial charge on any atom is 0.0719 e. The predicted octanol–water partition coefficient (Wildman–Crippen LogP) is 4.72. The molecule has 1 aromatic rings. The summed E-state index contributed by atoms with van der Waals surface area (Å²) >= 11 is 0. The molecule has 0 amide bonds. The zero-order chi connectivity index (χ0) is 13.9. The Labute approximate surface area is 118 Å². The van der Waals surface area contributed by atoms with E-state index in [1.165, 1.54) is 25.7 Å². The van der Waals surface area contributed by atoms with Crippen molar-refractivity contribution < 1.29 is 4.74 Å². The van der Waals surface area contributed by atoms with Gasteiger partial charge in [-0.2, -0.15) is 0 Å². The summed E-state index contributed by atoms with van der Waals surface area (Å²) in [5.74, 6) is 0.721. The van der Waals surface area contributed by atoms with Gasteiger partial charge in [-0.25, -0.2) is 0 Å². The number of para-hydroxylation sites is 1. The number of unbranched alkanes of at least 4 members (excludes halogenated alkanes) is 1.